The third kappa shape index (κ3) is 4.06. The maximum atomic E-state index is 13.2. The van der Waals surface area contributed by atoms with Crippen LogP contribution in [0.5, 0.6) is 0 Å². The first-order valence-corrected chi connectivity index (χ1v) is 9.75. The number of amides is 1. The number of nitrogens with one attached hydrogen (secondary N) is 1. The Kier molecular flexibility index (Phi) is 5.79. The van der Waals surface area contributed by atoms with Gasteiger partial charge in [0, 0.05) is 5.39 Å². The molecule has 3 rings (SSSR count). The van der Waals surface area contributed by atoms with Crippen molar-refractivity contribution >= 4 is 33.4 Å². The Balaban J connectivity index is 1.91. The van der Waals surface area contributed by atoms with E-state index in [4.69, 9.17) is 4.74 Å². The van der Waals surface area contributed by atoms with Gasteiger partial charge in [-0.2, -0.15) is 5.10 Å². The zero-order chi connectivity index (χ0) is 20.4. The number of carbonyl (C=O) groups excluding carboxylic acids is 2. The van der Waals surface area contributed by atoms with E-state index in [1.54, 1.807) is 22.9 Å². The van der Waals surface area contributed by atoms with Gasteiger partial charge in [0.1, 0.15) is 16.7 Å². The molecule has 0 spiro atoms. The van der Waals surface area contributed by atoms with Crippen LogP contribution in [0.1, 0.15) is 35.6 Å². The Morgan fingerprint density at radius 1 is 1.29 bits per heavy atom. The number of aryl methyl sites for hydroxylation is 1. The Labute approximate surface area is 166 Å². The van der Waals surface area contributed by atoms with Gasteiger partial charge >= 0.3 is 5.97 Å². The fourth-order valence-electron chi connectivity index (χ4n) is 2.97. The Hall–Kier alpha value is -2.74. The van der Waals surface area contributed by atoms with Crippen molar-refractivity contribution in [1.29, 1.82) is 0 Å². The predicted molar refractivity (Wildman–Crippen MR) is 106 cm³/mol. The van der Waals surface area contributed by atoms with E-state index in [1.807, 2.05) is 20.8 Å². The minimum Gasteiger partial charge on any atom is -0.467 e. The summed E-state index contributed by atoms with van der Waals surface area (Å²) < 4.78 is 19.7. The summed E-state index contributed by atoms with van der Waals surface area (Å²) in [6, 6.07) is 7.07. The summed E-state index contributed by atoms with van der Waals surface area (Å²) in [5, 5.41) is 8.11. The predicted octanol–water partition coefficient (Wildman–Crippen LogP) is 3.85. The number of esters is 1. The zero-order valence-electron chi connectivity index (χ0n) is 16.2. The van der Waals surface area contributed by atoms with Crippen molar-refractivity contribution in [2.75, 3.05) is 7.11 Å². The van der Waals surface area contributed by atoms with Crippen LogP contribution >= 0.6 is 11.3 Å². The average Bonchev–Trinajstić information content (AvgIpc) is 3.22. The van der Waals surface area contributed by atoms with Gasteiger partial charge in [-0.25, -0.2) is 13.9 Å². The highest BCUT2D eigenvalue weighted by atomic mass is 32.1. The van der Waals surface area contributed by atoms with Gasteiger partial charge in [-0.05, 0) is 49.6 Å². The van der Waals surface area contributed by atoms with E-state index < -0.39 is 12.0 Å². The van der Waals surface area contributed by atoms with E-state index in [0.717, 1.165) is 15.9 Å². The fraction of sp³-hybridized carbons (Fsp3) is 0.350. The Bertz CT molecular complexity index is 1010. The lowest BCUT2D eigenvalue weighted by Crippen LogP contribution is -2.42. The largest absolute Gasteiger partial charge is 0.467 e. The molecule has 0 bridgehead atoms. The highest BCUT2D eigenvalue weighted by Crippen LogP contribution is 2.30. The van der Waals surface area contributed by atoms with Crippen LogP contribution in [-0.2, 0) is 9.53 Å². The minimum absolute atomic E-state index is 0.223. The number of thiophene rings is 1. The maximum Gasteiger partial charge on any atom is 0.328 e. The number of nitrogens with zero attached hydrogens (tertiary/aromatic N) is 2. The van der Waals surface area contributed by atoms with E-state index >= 15 is 0 Å². The fourth-order valence-corrected chi connectivity index (χ4v) is 4.06. The molecule has 0 aliphatic carbocycles. The first kappa shape index (κ1) is 20.0. The van der Waals surface area contributed by atoms with E-state index in [-0.39, 0.29) is 17.6 Å². The Morgan fingerprint density at radius 3 is 2.57 bits per heavy atom. The van der Waals surface area contributed by atoms with Crippen LogP contribution in [0.2, 0.25) is 0 Å². The van der Waals surface area contributed by atoms with Crippen molar-refractivity contribution in [1.82, 2.24) is 15.1 Å². The van der Waals surface area contributed by atoms with Gasteiger partial charge in [0.05, 0.1) is 23.4 Å². The lowest BCUT2D eigenvalue weighted by Gasteiger charge is -2.17. The van der Waals surface area contributed by atoms with Crippen LogP contribution in [0.4, 0.5) is 4.39 Å². The van der Waals surface area contributed by atoms with Crippen LogP contribution in [0.15, 0.2) is 30.3 Å². The standard InChI is InChI=1S/C20H22FN3O3S/c1-11(2)9-16(20(26)27-4)22-18(25)17-10-15-12(3)23-24(19(15)28-17)14-7-5-13(21)6-8-14/h5-8,10-11,16H,9H2,1-4H3,(H,22,25). The lowest BCUT2D eigenvalue weighted by molar-refractivity contribution is -0.143. The molecule has 0 aliphatic heterocycles. The summed E-state index contributed by atoms with van der Waals surface area (Å²) in [4.78, 5) is 26.0. The van der Waals surface area contributed by atoms with Gasteiger partial charge in [0.15, 0.2) is 0 Å². The van der Waals surface area contributed by atoms with E-state index in [0.29, 0.717) is 17.0 Å². The first-order chi connectivity index (χ1) is 13.3. The molecule has 28 heavy (non-hydrogen) atoms. The van der Waals surface area contributed by atoms with Crippen LogP contribution in [0, 0.1) is 18.7 Å². The number of benzene rings is 1. The van der Waals surface area contributed by atoms with Crippen molar-refractivity contribution in [3.63, 3.8) is 0 Å². The van der Waals surface area contributed by atoms with Crippen molar-refractivity contribution in [3.05, 3.63) is 46.7 Å². The van der Waals surface area contributed by atoms with Crippen molar-refractivity contribution in [2.45, 2.75) is 33.2 Å². The van der Waals surface area contributed by atoms with Crippen LogP contribution in [0.3, 0.4) is 0 Å². The van der Waals surface area contributed by atoms with Gasteiger partial charge in [-0.3, -0.25) is 4.79 Å². The molecule has 3 aromatic rings. The number of rotatable bonds is 6. The molecule has 0 fully saturated rings. The molecule has 1 atom stereocenters. The molecule has 1 N–H and O–H groups in total. The van der Waals surface area contributed by atoms with Crippen LogP contribution < -0.4 is 5.32 Å². The molecular weight excluding hydrogens is 381 g/mol. The number of ether oxygens (including phenoxy) is 1. The molecule has 1 aromatic carbocycles. The number of halogens is 1. The average molecular weight is 403 g/mol. The molecule has 1 amide bonds. The topological polar surface area (TPSA) is 73.2 Å². The summed E-state index contributed by atoms with van der Waals surface area (Å²) in [5.74, 6) is -0.894. The maximum absolute atomic E-state index is 13.2. The van der Waals surface area contributed by atoms with Crippen molar-refractivity contribution in [3.8, 4) is 5.69 Å². The summed E-state index contributed by atoms with van der Waals surface area (Å²) in [6.45, 7) is 5.80. The highest BCUT2D eigenvalue weighted by molar-refractivity contribution is 7.20. The lowest BCUT2D eigenvalue weighted by atomic mass is 10.0. The van der Waals surface area contributed by atoms with Gasteiger partial charge in [0.2, 0.25) is 0 Å². The summed E-state index contributed by atoms with van der Waals surface area (Å²) in [6.07, 6.45) is 0.492. The molecular formula is C20H22FN3O3S. The molecule has 148 valence electrons. The monoisotopic (exact) mass is 403 g/mol. The van der Waals surface area contributed by atoms with Gasteiger partial charge < -0.3 is 10.1 Å². The van der Waals surface area contributed by atoms with E-state index in [1.165, 1.54) is 30.6 Å². The third-order valence-corrected chi connectivity index (χ3v) is 5.45. The second-order valence-corrected chi connectivity index (χ2v) is 8.01. The molecule has 8 heteroatoms. The molecule has 6 nitrogen and oxygen atoms in total. The molecule has 0 aliphatic rings. The summed E-state index contributed by atoms with van der Waals surface area (Å²) in [5.41, 5.74) is 1.47. The van der Waals surface area contributed by atoms with E-state index in [9.17, 15) is 14.0 Å². The van der Waals surface area contributed by atoms with Crippen LogP contribution in [0.25, 0.3) is 15.9 Å². The SMILES string of the molecule is COC(=O)C(CC(C)C)NC(=O)c1cc2c(C)nn(-c3ccc(F)cc3)c2s1. The van der Waals surface area contributed by atoms with Gasteiger partial charge in [-0.1, -0.05) is 13.8 Å². The van der Waals surface area contributed by atoms with Crippen LogP contribution in [-0.4, -0.2) is 34.8 Å². The Morgan fingerprint density at radius 2 is 1.96 bits per heavy atom. The number of hydrogen-bond acceptors (Lipinski definition) is 5. The van der Waals surface area contributed by atoms with Gasteiger partial charge in [0.25, 0.3) is 5.91 Å². The number of fused-ring (bicyclic) bond motifs is 1. The highest BCUT2D eigenvalue weighted by Gasteiger charge is 2.25. The first-order valence-electron chi connectivity index (χ1n) is 8.94. The smallest absolute Gasteiger partial charge is 0.328 e. The van der Waals surface area contributed by atoms with Crippen molar-refractivity contribution in [2.24, 2.45) is 5.92 Å². The molecule has 2 heterocycles. The summed E-state index contributed by atoms with van der Waals surface area (Å²) in [7, 11) is 1.31. The second kappa shape index (κ2) is 8.10. The van der Waals surface area contributed by atoms with Crippen molar-refractivity contribution < 1.29 is 18.7 Å². The number of methoxy groups -OCH3 is 1. The molecule has 0 radical (unpaired) electrons. The molecule has 2 aromatic heterocycles. The minimum atomic E-state index is -0.697. The normalized spacial score (nSPS) is 12.4. The molecule has 1 unspecified atom stereocenters. The van der Waals surface area contributed by atoms with Gasteiger partial charge in [-0.15, -0.1) is 11.3 Å². The number of hydrogen-bond donors (Lipinski definition) is 1. The zero-order valence-corrected chi connectivity index (χ0v) is 17.0. The molecule has 0 saturated heterocycles. The summed E-state index contributed by atoms with van der Waals surface area (Å²) >= 11 is 1.27. The number of carbonyl (C=O) groups is 2. The van der Waals surface area contributed by atoms with E-state index in [2.05, 4.69) is 10.4 Å². The second-order valence-electron chi connectivity index (χ2n) is 6.98. The quantitative estimate of drug-likeness (QED) is 0.635. The third-order valence-electron chi connectivity index (χ3n) is 4.34. The molecule has 0 saturated carbocycles. The number of aromatic nitrogens is 2.